The normalized spacial score (nSPS) is 13.5. The molecule has 2 aromatic rings. The van der Waals surface area contributed by atoms with Gasteiger partial charge in [0, 0.05) is 18.0 Å². The summed E-state index contributed by atoms with van der Waals surface area (Å²) in [5.74, 6) is 0. The first-order valence-corrected chi connectivity index (χ1v) is 8.67. The molecule has 1 atom stereocenters. The zero-order valence-electron chi connectivity index (χ0n) is 12.6. The first kappa shape index (κ1) is 15.8. The molecule has 4 nitrogen and oxygen atoms in total. The van der Waals surface area contributed by atoms with Crippen molar-refractivity contribution in [1.29, 1.82) is 0 Å². The Morgan fingerprint density at radius 2 is 1.67 bits per heavy atom. The molecule has 2 N–H and O–H groups in total. The molecular weight excluding hydrogens is 284 g/mol. The number of hydrogen-bond donors (Lipinski definition) is 2. The Balaban J connectivity index is 2.22. The van der Waals surface area contributed by atoms with E-state index in [2.05, 4.69) is 10.0 Å². The van der Waals surface area contributed by atoms with Gasteiger partial charge in [0.15, 0.2) is 0 Å². The van der Waals surface area contributed by atoms with Gasteiger partial charge in [-0.2, -0.15) is 0 Å². The molecule has 0 saturated carbocycles. The molecule has 21 heavy (non-hydrogen) atoms. The van der Waals surface area contributed by atoms with E-state index in [1.165, 1.54) is 0 Å². The van der Waals surface area contributed by atoms with Crippen molar-refractivity contribution in [2.75, 3.05) is 11.3 Å². The smallest absolute Gasteiger partial charge is 0.236 e. The molecule has 0 aliphatic carbocycles. The fourth-order valence-electron chi connectivity index (χ4n) is 2.08. The lowest BCUT2D eigenvalue weighted by molar-refractivity contribution is 0.553. The Hall–Kier alpha value is -1.59. The molecule has 114 valence electrons. The van der Waals surface area contributed by atoms with Crippen LogP contribution in [-0.4, -0.2) is 26.3 Å². The molecule has 0 aliphatic heterocycles. The molecular formula is C16H22N2O2S. The summed E-state index contributed by atoms with van der Waals surface area (Å²) in [5, 5.41) is 4.58. The summed E-state index contributed by atoms with van der Waals surface area (Å²) in [6, 6.07) is 13.6. The SMILES string of the molecule is CC(C)NCC(C)S(=O)(=O)Nc1cccc2ccccc12. The van der Waals surface area contributed by atoms with Crippen LogP contribution in [0, 0.1) is 0 Å². The second kappa shape index (κ2) is 6.45. The van der Waals surface area contributed by atoms with Crippen molar-refractivity contribution in [3.8, 4) is 0 Å². The van der Waals surface area contributed by atoms with Crippen LogP contribution in [0.15, 0.2) is 42.5 Å². The van der Waals surface area contributed by atoms with Gasteiger partial charge in [0.2, 0.25) is 10.0 Å². The quantitative estimate of drug-likeness (QED) is 0.862. The summed E-state index contributed by atoms with van der Waals surface area (Å²) in [4.78, 5) is 0. The summed E-state index contributed by atoms with van der Waals surface area (Å²) >= 11 is 0. The van der Waals surface area contributed by atoms with E-state index in [1.54, 1.807) is 13.0 Å². The molecule has 0 radical (unpaired) electrons. The van der Waals surface area contributed by atoms with E-state index in [9.17, 15) is 8.42 Å². The van der Waals surface area contributed by atoms with Gasteiger partial charge in [0.05, 0.1) is 10.9 Å². The monoisotopic (exact) mass is 306 g/mol. The van der Waals surface area contributed by atoms with E-state index in [1.807, 2.05) is 50.2 Å². The third kappa shape index (κ3) is 3.95. The van der Waals surface area contributed by atoms with Crippen LogP contribution >= 0.6 is 0 Å². The molecule has 1 unspecified atom stereocenters. The molecule has 0 aliphatic rings. The van der Waals surface area contributed by atoms with Crippen molar-refractivity contribution < 1.29 is 8.42 Å². The first-order valence-electron chi connectivity index (χ1n) is 7.13. The van der Waals surface area contributed by atoms with Crippen LogP contribution < -0.4 is 10.0 Å². The van der Waals surface area contributed by atoms with E-state index < -0.39 is 15.3 Å². The van der Waals surface area contributed by atoms with Gasteiger partial charge in [-0.25, -0.2) is 8.42 Å². The minimum atomic E-state index is -3.41. The van der Waals surface area contributed by atoms with Gasteiger partial charge in [-0.3, -0.25) is 4.72 Å². The Labute approximate surface area is 126 Å². The number of hydrogen-bond acceptors (Lipinski definition) is 3. The maximum absolute atomic E-state index is 12.4. The van der Waals surface area contributed by atoms with Crippen LogP contribution in [0.5, 0.6) is 0 Å². The average molecular weight is 306 g/mol. The zero-order chi connectivity index (χ0) is 15.5. The van der Waals surface area contributed by atoms with Crippen LogP contribution in [-0.2, 0) is 10.0 Å². The summed E-state index contributed by atoms with van der Waals surface area (Å²) in [6.07, 6.45) is 0. The van der Waals surface area contributed by atoms with E-state index >= 15 is 0 Å². The Kier molecular flexibility index (Phi) is 4.85. The van der Waals surface area contributed by atoms with Crippen molar-refractivity contribution >= 4 is 26.5 Å². The zero-order valence-corrected chi connectivity index (χ0v) is 13.4. The number of rotatable bonds is 6. The fraction of sp³-hybridized carbons (Fsp3) is 0.375. The Morgan fingerprint density at radius 3 is 2.38 bits per heavy atom. The van der Waals surface area contributed by atoms with Gasteiger partial charge in [-0.05, 0) is 18.4 Å². The lowest BCUT2D eigenvalue weighted by Crippen LogP contribution is -2.37. The molecule has 5 heteroatoms. The number of benzene rings is 2. The van der Waals surface area contributed by atoms with Gasteiger partial charge < -0.3 is 5.32 Å². The van der Waals surface area contributed by atoms with E-state index in [0.717, 1.165) is 10.8 Å². The van der Waals surface area contributed by atoms with Crippen LogP contribution in [0.4, 0.5) is 5.69 Å². The van der Waals surface area contributed by atoms with Gasteiger partial charge in [0.25, 0.3) is 0 Å². The van der Waals surface area contributed by atoms with Crippen LogP contribution in [0.25, 0.3) is 10.8 Å². The molecule has 2 rings (SSSR count). The lowest BCUT2D eigenvalue weighted by Gasteiger charge is -2.18. The minimum Gasteiger partial charge on any atom is -0.313 e. The first-order chi connectivity index (χ1) is 9.90. The van der Waals surface area contributed by atoms with Crippen LogP contribution in [0.1, 0.15) is 20.8 Å². The van der Waals surface area contributed by atoms with Crippen LogP contribution in [0.2, 0.25) is 0 Å². The summed E-state index contributed by atoms with van der Waals surface area (Å²) in [6.45, 7) is 6.13. The highest BCUT2D eigenvalue weighted by Gasteiger charge is 2.21. The minimum absolute atomic E-state index is 0.264. The third-order valence-corrected chi connectivity index (χ3v) is 5.12. The predicted molar refractivity (Wildman–Crippen MR) is 89.1 cm³/mol. The van der Waals surface area contributed by atoms with E-state index in [0.29, 0.717) is 12.2 Å². The van der Waals surface area contributed by atoms with Crippen molar-refractivity contribution in [3.05, 3.63) is 42.5 Å². The van der Waals surface area contributed by atoms with Gasteiger partial charge in [0.1, 0.15) is 0 Å². The van der Waals surface area contributed by atoms with Gasteiger partial charge >= 0.3 is 0 Å². The van der Waals surface area contributed by atoms with E-state index in [4.69, 9.17) is 0 Å². The number of fused-ring (bicyclic) bond motifs is 1. The van der Waals surface area contributed by atoms with E-state index in [-0.39, 0.29) is 6.04 Å². The molecule has 0 bridgehead atoms. The van der Waals surface area contributed by atoms with Crippen molar-refractivity contribution in [3.63, 3.8) is 0 Å². The highest BCUT2D eigenvalue weighted by Crippen LogP contribution is 2.24. The maximum atomic E-state index is 12.4. The number of anilines is 1. The van der Waals surface area contributed by atoms with Gasteiger partial charge in [-0.15, -0.1) is 0 Å². The molecule has 0 spiro atoms. The Morgan fingerprint density at radius 1 is 1.00 bits per heavy atom. The highest BCUT2D eigenvalue weighted by molar-refractivity contribution is 7.93. The molecule has 0 amide bonds. The molecule has 0 heterocycles. The lowest BCUT2D eigenvalue weighted by atomic mass is 10.1. The second-order valence-electron chi connectivity index (χ2n) is 5.55. The van der Waals surface area contributed by atoms with Crippen molar-refractivity contribution in [2.24, 2.45) is 0 Å². The maximum Gasteiger partial charge on any atom is 0.236 e. The van der Waals surface area contributed by atoms with Crippen molar-refractivity contribution in [1.82, 2.24) is 5.32 Å². The average Bonchev–Trinajstić information content (AvgIpc) is 2.44. The molecule has 0 saturated heterocycles. The van der Waals surface area contributed by atoms with Gasteiger partial charge in [-0.1, -0.05) is 50.2 Å². The molecule has 2 aromatic carbocycles. The number of sulfonamides is 1. The second-order valence-corrected chi connectivity index (χ2v) is 7.65. The topological polar surface area (TPSA) is 58.2 Å². The van der Waals surface area contributed by atoms with Crippen LogP contribution in [0.3, 0.4) is 0 Å². The molecule has 0 fully saturated rings. The predicted octanol–water partition coefficient (Wildman–Crippen LogP) is 2.97. The fourth-order valence-corrected chi connectivity index (χ4v) is 3.08. The third-order valence-electron chi connectivity index (χ3n) is 3.39. The Bertz CT molecular complexity index is 706. The highest BCUT2D eigenvalue weighted by atomic mass is 32.2. The number of nitrogens with one attached hydrogen (secondary N) is 2. The summed E-state index contributed by atoms with van der Waals surface area (Å²) < 4.78 is 27.5. The van der Waals surface area contributed by atoms with Crippen molar-refractivity contribution in [2.45, 2.75) is 32.1 Å². The standard InChI is InChI=1S/C16H22N2O2S/c1-12(2)17-11-13(3)21(19,20)18-16-10-6-8-14-7-4-5-9-15(14)16/h4-10,12-13,17-18H,11H2,1-3H3. The summed E-state index contributed by atoms with van der Waals surface area (Å²) in [5.41, 5.74) is 0.629. The molecule has 0 aromatic heterocycles. The summed E-state index contributed by atoms with van der Waals surface area (Å²) in [7, 11) is -3.41. The largest absolute Gasteiger partial charge is 0.313 e.